The maximum absolute atomic E-state index is 11.7. The number of hydrogen-bond acceptors (Lipinski definition) is 4. The second-order valence-electron chi connectivity index (χ2n) is 5.64. The van der Waals surface area contributed by atoms with E-state index in [0.717, 1.165) is 12.8 Å². The van der Waals surface area contributed by atoms with Gasteiger partial charge in [-0.25, -0.2) is 0 Å². The van der Waals surface area contributed by atoms with Crippen molar-refractivity contribution in [2.75, 3.05) is 6.61 Å². The number of unbranched alkanes of at least 4 members (excludes halogenated alkanes) is 6. The topological polar surface area (TPSA) is 80.7 Å². The minimum absolute atomic E-state index is 0.0995. The number of hydrogen-bond donors (Lipinski definition) is 1. The number of carbonyl (C=O) groups excluding carboxylic acids is 1. The van der Waals surface area contributed by atoms with Gasteiger partial charge in [0.05, 0.1) is 17.9 Å². The predicted molar refractivity (Wildman–Crippen MR) is 88.9 cm³/mol. The maximum Gasteiger partial charge on any atom is 0.310 e. The largest absolute Gasteiger partial charge is 0.465 e. The van der Waals surface area contributed by atoms with Crippen LogP contribution in [0.4, 0.5) is 0 Å². The Kier molecular flexibility index (Phi) is 8.87. The van der Waals surface area contributed by atoms with E-state index in [2.05, 4.69) is 6.92 Å². The molecule has 1 N–H and O–H groups in total. The Hall–Kier alpha value is -1.40. The summed E-state index contributed by atoms with van der Waals surface area (Å²) in [5, 5.41) is 0. The van der Waals surface area contributed by atoms with Gasteiger partial charge in [-0.1, -0.05) is 57.6 Å². The second kappa shape index (κ2) is 10.4. The average Bonchev–Trinajstić information content (AvgIpc) is 2.49. The molecule has 0 aliphatic carbocycles. The third-order valence-corrected chi connectivity index (χ3v) is 4.45. The van der Waals surface area contributed by atoms with Gasteiger partial charge in [0.1, 0.15) is 0 Å². The minimum Gasteiger partial charge on any atom is -0.465 e. The van der Waals surface area contributed by atoms with E-state index in [1.54, 1.807) is 0 Å². The van der Waals surface area contributed by atoms with Crippen molar-refractivity contribution in [2.45, 2.75) is 63.2 Å². The summed E-state index contributed by atoms with van der Waals surface area (Å²) >= 11 is 0. The number of ether oxygens (including phenoxy) is 1. The fourth-order valence-electron chi connectivity index (χ4n) is 2.24. The quantitative estimate of drug-likeness (QED) is 0.376. The fourth-order valence-corrected chi connectivity index (χ4v) is 2.72. The van der Waals surface area contributed by atoms with Gasteiger partial charge in [0.2, 0.25) is 0 Å². The van der Waals surface area contributed by atoms with E-state index in [1.165, 1.54) is 56.4 Å². The van der Waals surface area contributed by atoms with Crippen LogP contribution in [-0.2, 0) is 26.1 Å². The first-order valence-corrected chi connectivity index (χ1v) is 9.59. The molecule has 1 rings (SSSR count). The van der Waals surface area contributed by atoms with Gasteiger partial charge in [-0.05, 0) is 24.1 Å². The number of esters is 1. The van der Waals surface area contributed by atoms with Gasteiger partial charge >= 0.3 is 5.97 Å². The molecule has 1 aromatic carbocycles. The van der Waals surface area contributed by atoms with Crippen molar-refractivity contribution in [1.82, 2.24) is 0 Å². The van der Waals surface area contributed by atoms with Gasteiger partial charge in [0.25, 0.3) is 10.1 Å². The van der Waals surface area contributed by atoms with Crippen LogP contribution in [0.15, 0.2) is 29.2 Å². The molecule has 0 aliphatic rings. The maximum atomic E-state index is 11.7. The molecule has 5 nitrogen and oxygen atoms in total. The van der Waals surface area contributed by atoms with E-state index in [9.17, 15) is 13.2 Å². The molecule has 1 aromatic rings. The molecule has 0 radical (unpaired) electrons. The van der Waals surface area contributed by atoms with Gasteiger partial charge in [0.15, 0.2) is 0 Å². The van der Waals surface area contributed by atoms with Crippen molar-refractivity contribution in [3.63, 3.8) is 0 Å². The molecule has 0 bridgehead atoms. The highest BCUT2D eigenvalue weighted by molar-refractivity contribution is 7.85. The highest BCUT2D eigenvalue weighted by atomic mass is 32.2. The summed E-state index contributed by atoms with van der Waals surface area (Å²) in [5.74, 6) is -0.324. The normalized spacial score (nSPS) is 11.4. The van der Waals surface area contributed by atoms with Crippen LogP contribution in [0.3, 0.4) is 0 Å². The number of carbonyl (C=O) groups is 1. The Balaban J connectivity index is 2.19. The summed E-state index contributed by atoms with van der Waals surface area (Å²) in [6.07, 6.45) is 8.25. The SMILES string of the molecule is CCCCCCCCCOC(=O)Cc1ccc(S(=O)(=O)O)cc1. The minimum atomic E-state index is -4.19. The molecule has 0 saturated heterocycles. The Morgan fingerprint density at radius 1 is 1.00 bits per heavy atom. The fraction of sp³-hybridized carbons (Fsp3) is 0.588. The zero-order valence-electron chi connectivity index (χ0n) is 13.7. The standard InChI is InChI=1S/C17H26O5S/c1-2-3-4-5-6-7-8-13-22-17(18)14-15-9-11-16(12-10-15)23(19,20)21/h9-12H,2-8,13-14H2,1H3,(H,19,20,21). The molecule has 0 unspecified atom stereocenters. The van der Waals surface area contributed by atoms with E-state index < -0.39 is 10.1 Å². The van der Waals surface area contributed by atoms with E-state index >= 15 is 0 Å². The highest BCUT2D eigenvalue weighted by Gasteiger charge is 2.10. The van der Waals surface area contributed by atoms with Crippen molar-refractivity contribution in [1.29, 1.82) is 0 Å². The molecule has 0 amide bonds. The average molecular weight is 342 g/mol. The monoisotopic (exact) mass is 342 g/mol. The summed E-state index contributed by atoms with van der Waals surface area (Å²) in [4.78, 5) is 11.5. The Bertz CT molecular complexity index is 563. The lowest BCUT2D eigenvalue weighted by Gasteiger charge is -2.05. The van der Waals surface area contributed by atoms with Crippen LogP contribution < -0.4 is 0 Å². The van der Waals surface area contributed by atoms with E-state index in [0.29, 0.717) is 12.2 Å². The van der Waals surface area contributed by atoms with Crippen LogP contribution in [0.1, 0.15) is 57.4 Å². The number of benzene rings is 1. The lowest BCUT2D eigenvalue weighted by atomic mass is 10.1. The van der Waals surface area contributed by atoms with Crippen LogP contribution in [0.2, 0.25) is 0 Å². The molecule has 130 valence electrons. The number of rotatable bonds is 11. The van der Waals surface area contributed by atoms with Crippen molar-refractivity contribution < 1.29 is 22.5 Å². The summed E-state index contributed by atoms with van der Waals surface area (Å²) in [7, 11) is -4.19. The predicted octanol–water partition coefficient (Wildman–Crippen LogP) is 3.77. The van der Waals surface area contributed by atoms with E-state index in [4.69, 9.17) is 9.29 Å². The van der Waals surface area contributed by atoms with Crippen LogP contribution in [0.5, 0.6) is 0 Å². The smallest absolute Gasteiger partial charge is 0.310 e. The summed E-state index contributed by atoms with van der Waals surface area (Å²) in [6, 6.07) is 5.54. The molecule has 6 heteroatoms. The third-order valence-electron chi connectivity index (χ3n) is 3.58. The molecular weight excluding hydrogens is 316 g/mol. The van der Waals surface area contributed by atoms with Gasteiger partial charge in [-0.2, -0.15) is 8.42 Å². The molecule has 0 saturated carbocycles. The zero-order valence-corrected chi connectivity index (χ0v) is 14.5. The molecule has 0 heterocycles. The summed E-state index contributed by atoms with van der Waals surface area (Å²) in [5.41, 5.74) is 0.655. The molecule has 0 aliphatic heterocycles. The lowest BCUT2D eigenvalue weighted by Crippen LogP contribution is -2.09. The Morgan fingerprint density at radius 2 is 1.57 bits per heavy atom. The van der Waals surface area contributed by atoms with Crippen LogP contribution >= 0.6 is 0 Å². The second-order valence-corrected chi connectivity index (χ2v) is 7.06. The Labute approximate surface area is 138 Å². The zero-order chi connectivity index (χ0) is 17.1. The van der Waals surface area contributed by atoms with Crippen molar-refractivity contribution in [3.8, 4) is 0 Å². The van der Waals surface area contributed by atoms with Crippen LogP contribution in [0.25, 0.3) is 0 Å². The van der Waals surface area contributed by atoms with Crippen molar-refractivity contribution in [2.24, 2.45) is 0 Å². The molecule has 23 heavy (non-hydrogen) atoms. The first kappa shape index (κ1) is 19.6. The first-order chi connectivity index (χ1) is 10.9. The Morgan fingerprint density at radius 3 is 2.13 bits per heavy atom. The van der Waals surface area contributed by atoms with Crippen molar-refractivity contribution in [3.05, 3.63) is 29.8 Å². The van der Waals surface area contributed by atoms with Crippen molar-refractivity contribution >= 4 is 16.1 Å². The van der Waals surface area contributed by atoms with Gasteiger partial charge in [-0.3, -0.25) is 9.35 Å². The van der Waals surface area contributed by atoms with Crippen LogP contribution in [0, 0.1) is 0 Å². The molecule has 0 fully saturated rings. The van der Waals surface area contributed by atoms with Crippen LogP contribution in [-0.4, -0.2) is 25.5 Å². The van der Waals surface area contributed by atoms with Gasteiger partial charge in [0, 0.05) is 0 Å². The van der Waals surface area contributed by atoms with E-state index in [-0.39, 0.29) is 17.3 Å². The third kappa shape index (κ3) is 8.71. The van der Waals surface area contributed by atoms with E-state index in [1.807, 2.05) is 0 Å². The lowest BCUT2D eigenvalue weighted by molar-refractivity contribution is -0.142. The molecule has 0 atom stereocenters. The summed E-state index contributed by atoms with van der Waals surface area (Å²) in [6.45, 7) is 2.62. The first-order valence-electron chi connectivity index (χ1n) is 8.15. The molecular formula is C17H26O5S. The molecule has 0 aromatic heterocycles. The van der Waals surface area contributed by atoms with Gasteiger partial charge in [-0.15, -0.1) is 0 Å². The summed E-state index contributed by atoms with van der Waals surface area (Å²) < 4.78 is 35.9. The van der Waals surface area contributed by atoms with Gasteiger partial charge < -0.3 is 4.74 Å². The molecule has 0 spiro atoms. The highest BCUT2D eigenvalue weighted by Crippen LogP contribution is 2.11.